The summed E-state index contributed by atoms with van der Waals surface area (Å²) in [6.45, 7) is 1.58. The van der Waals surface area contributed by atoms with Gasteiger partial charge in [0.15, 0.2) is 9.84 Å². The van der Waals surface area contributed by atoms with E-state index < -0.39 is 21.0 Å². The Balaban J connectivity index is 0. The first-order valence-electron chi connectivity index (χ1n) is 3.46. The molecule has 80 valence electrons. The maximum atomic E-state index is 11.0. The van der Waals surface area contributed by atoms with Crippen LogP contribution in [0, 0.1) is 0 Å². The Hall–Kier alpha value is -0.330. The van der Waals surface area contributed by atoms with Crippen LogP contribution in [0.2, 0.25) is 0 Å². The molecule has 0 spiro atoms. The highest BCUT2D eigenvalue weighted by molar-refractivity contribution is 7.92. The largest absolute Gasteiger partial charge is 0.286 e. The van der Waals surface area contributed by atoms with Gasteiger partial charge in [-0.3, -0.25) is 10.0 Å². The van der Waals surface area contributed by atoms with Gasteiger partial charge >= 0.3 is 0 Å². The summed E-state index contributed by atoms with van der Waals surface area (Å²) in [6, 6.07) is 0. The molecule has 0 aromatic carbocycles. The van der Waals surface area contributed by atoms with Gasteiger partial charge in [0.05, 0.1) is 0 Å². The van der Waals surface area contributed by atoms with E-state index in [0.29, 0.717) is 5.06 Å². The van der Waals surface area contributed by atoms with Gasteiger partial charge in [0.25, 0.3) is 5.91 Å². The third-order valence-corrected chi connectivity index (χ3v) is 3.05. The standard InChI is InChI=1S/C6H13NO4S.ClH/c1-4-5(12(3,10)11)6(8)7(2)9;/h5,9H,4H2,1-3H3;1H. The Morgan fingerprint density at radius 2 is 1.92 bits per heavy atom. The number of halogens is 1. The fourth-order valence-corrected chi connectivity index (χ4v) is 1.99. The van der Waals surface area contributed by atoms with Crippen LogP contribution in [-0.4, -0.2) is 43.1 Å². The third-order valence-electron chi connectivity index (χ3n) is 1.48. The number of rotatable bonds is 3. The minimum atomic E-state index is -3.41. The Labute approximate surface area is 84.0 Å². The highest BCUT2D eigenvalue weighted by Gasteiger charge is 2.28. The second kappa shape index (κ2) is 5.41. The number of amides is 1. The maximum Gasteiger partial charge on any atom is 0.263 e. The molecule has 0 radical (unpaired) electrons. The molecule has 0 aliphatic heterocycles. The topological polar surface area (TPSA) is 74.7 Å². The second-order valence-electron chi connectivity index (χ2n) is 2.59. The molecule has 1 amide bonds. The van der Waals surface area contributed by atoms with Crippen molar-refractivity contribution in [1.82, 2.24) is 5.06 Å². The second-order valence-corrected chi connectivity index (χ2v) is 4.82. The van der Waals surface area contributed by atoms with E-state index in [4.69, 9.17) is 5.21 Å². The zero-order valence-corrected chi connectivity index (χ0v) is 9.35. The molecule has 0 fully saturated rings. The lowest BCUT2D eigenvalue weighted by atomic mass is 10.3. The van der Waals surface area contributed by atoms with Crippen LogP contribution in [0.4, 0.5) is 0 Å². The lowest BCUT2D eigenvalue weighted by molar-refractivity contribution is -0.158. The lowest BCUT2D eigenvalue weighted by Crippen LogP contribution is -2.38. The van der Waals surface area contributed by atoms with Crippen LogP contribution < -0.4 is 0 Å². The minimum absolute atomic E-state index is 0. The molecule has 0 saturated carbocycles. The molecular formula is C6H14ClNO4S. The molecule has 0 aromatic heterocycles. The van der Waals surface area contributed by atoms with Crippen molar-refractivity contribution in [3.63, 3.8) is 0 Å². The third kappa shape index (κ3) is 4.44. The first kappa shape index (κ1) is 15.2. The van der Waals surface area contributed by atoms with E-state index in [1.54, 1.807) is 6.92 Å². The Bertz CT molecular complexity index is 262. The first-order chi connectivity index (χ1) is 5.30. The Morgan fingerprint density at radius 3 is 2.00 bits per heavy atom. The summed E-state index contributed by atoms with van der Waals surface area (Å²) in [6.07, 6.45) is 1.14. The molecule has 0 saturated heterocycles. The molecule has 13 heavy (non-hydrogen) atoms. The molecule has 0 aromatic rings. The van der Waals surface area contributed by atoms with Crippen molar-refractivity contribution < 1.29 is 18.4 Å². The van der Waals surface area contributed by atoms with Gasteiger partial charge in [0.2, 0.25) is 0 Å². The number of carbonyl (C=O) groups is 1. The molecule has 1 unspecified atom stereocenters. The van der Waals surface area contributed by atoms with E-state index in [0.717, 1.165) is 13.3 Å². The van der Waals surface area contributed by atoms with Crippen molar-refractivity contribution in [2.75, 3.05) is 13.3 Å². The molecule has 0 bridgehead atoms. The van der Waals surface area contributed by atoms with Crippen molar-refractivity contribution in [3.05, 3.63) is 0 Å². The average molecular weight is 232 g/mol. The number of nitrogens with zero attached hydrogens (tertiary/aromatic N) is 1. The van der Waals surface area contributed by atoms with Crippen LogP contribution in [0.25, 0.3) is 0 Å². The number of carbonyl (C=O) groups excluding carboxylic acids is 1. The van der Waals surface area contributed by atoms with Crippen LogP contribution in [0.5, 0.6) is 0 Å². The van der Waals surface area contributed by atoms with Crippen LogP contribution >= 0.6 is 12.4 Å². The van der Waals surface area contributed by atoms with E-state index in [9.17, 15) is 13.2 Å². The van der Waals surface area contributed by atoms with E-state index in [-0.39, 0.29) is 18.8 Å². The number of sulfone groups is 1. The van der Waals surface area contributed by atoms with Gasteiger partial charge in [0, 0.05) is 13.3 Å². The van der Waals surface area contributed by atoms with Crippen LogP contribution in [0.3, 0.4) is 0 Å². The summed E-state index contributed by atoms with van der Waals surface area (Å²) < 4.78 is 21.9. The fourth-order valence-electron chi connectivity index (χ4n) is 0.869. The van der Waals surface area contributed by atoms with E-state index in [1.165, 1.54) is 0 Å². The highest BCUT2D eigenvalue weighted by Crippen LogP contribution is 2.06. The van der Waals surface area contributed by atoms with Gasteiger partial charge in [-0.25, -0.2) is 13.5 Å². The van der Waals surface area contributed by atoms with Gasteiger partial charge in [-0.05, 0) is 6.42 Å². The van der Waals surface area contributed by atoms with Gasteiger partial charge in [-0.2, -0.15) is 0 Å². The summed E-state index contributed by atoms with van der Waals surface area (Å²) in [5.74, 6) is -0.792. The first-order valence-corrected chi connectivity index (χ1v) is 5.41. The smallest absolute Gasteiger partial charge is 0.263 e. The van der Waals surface area contributed by atoms with Crippen LogP contribution in [-0.2, 0) is 14.6 Å². The van der Waals surface area contributed by atoms with Crippen molar-refractivity contribution in [1.29, 1.82) is 0 Å². The van der Waals surface area contributed by atoms with E-state index in [1.807, 2.05) is 0 Å². The summed E-state index contributed by atoms with van der Waals surface area (Å²) in [4.78, 5) is 11.0. The zero-order chi connectivity index (χ0) is 9.94. The zero-order valence-electron chi connectivity index (χ0n) is 7.72. The van der Waals surface area contributed by atoms with E-state index in [2.05, 4.69) is 0 Å². The monoisotopic (exact) mass is 231 g/mol. The van der Waals surface area contributed by atoms with E-state index >= 15 is 0 Å². The molecule has 7 heteroatoms. The Kier molecular flexibility index (Phi) is 6.31. The van der Waals surface area contributed by atoms with Crippen LogP contribution in [0.15, 0.2) is 0 Å². The SMILES string of the molecule is CCC(C(=O)N(C)O)S(C)(=O)=O.Cl. The molecule has 0 aliphatic carbocycles. The molecular weight excluding hydrogens is 218 g/mol. The predicted octanol–water partition coefficient (Wildman–Crippen LogP) is 0.0790. The predicted molar refractivity (Wildman–Crippen MR) is 50.7 cm³/mol. The molecule has 0 heterocycles. The lowest BCUT2D eigenvalue weighted by Gasteiger charge is -2.15. The van der Waals surface area contributed by atoms with Crippen molar-refractivity contribution >= 4 is 28.2 Å². The van der Waals surface area contributed by atoms with Gasteiger partial charge in [0.1, 0.15) is 5.25 Å². The maximum absolute atomic E-state index is 11.0. The number of hydrogen-bond acceptors (Lipinski definition) is 4. The molecule has 5 nitrogen and oxygen atoms in total. The number of hydrogen-bond donors (Lipinski definition) is 1. The minimum Gasteiger partial charge on any atom is -0.286 e. The molecule has 0 rings (SSSR count). The van der Waals surface area contributed by atoms with Crippen LogP contribution in [0.1, 0.15) is 13.3 Å². The highest BCUT2D eigenvalue weighted by atomic mass is 35.5. The molecule has 1 atom stereocenters. The normalized spacial score (nSPS) is 12.9. The summed E-state index contributed by atoms with van der Waals surface area (Å²) in [7, 11) is -2.30. The number of hydroxylamine groups is 2. The molecule has 1 N–H and O–H groups in total. The van der Waals surface area contributed by atoms with Crippen molar-refractivity contribution in [2.45, 2.75) is 18.6 Å². The molecule has 0 aliphatic rings. The van der Waals surface area contributed by atoms with Gasteiger partial charge in [-0.15, -0.1) is 12.4 Å². The summed E-state index contributed by atoms with van der Waals surface area (Å²) in [5.41, 5.74) is 0. The van der Waals surface area contributed by atoms with Gasteiger partial charge in [-0.1, -0.05) is 6.92 Å². The Morgan fingerprint density at radius 1 is 1.54 bits per heavy atom. The van der Waals surface area contributed by atoms with Crippen molar-refractivity contribution in [3.8, 4) is 0 Å². The quantitative estimate of drug-likeness (QED) is 0.551. The van der Waals surface area contributed by atoms with Gasteiger partial charge < -0.3 is 0 Å². The summed E-state index contributed by atoms with van der Waals surface area (Å²) >= 11 is 0. The van der Waals surface area contributed by atoms with Crippen molar-refractivity contribution in [2.24, 2.45) is 0 Å². The fraction of sp³-hybridized carbons (Fsp3) is 0.833. The summed E-state index contributed by atoms with van der Waals surface area (Å²) in [5, 5.41) is 7.87. The average Bonchev–Trinajstić information content (AvgIpc) is 1.85.